The second-order valence-electron chi connectivity index (χ2n) is 8.52. The molecule has 3 heterocycles. The Labute approximate surface area is 211 Å². The molecule has 0 aliphatic heterocycles. The summed E-state index contributed by atoms with van der Waals surface area (Å²) in [5, 5.41) is 10.4. The molecule has 2 aromatic carbocycles. The minimum atomic E-state index is -0.585. The van der Waals surface area contributed by atoms with Crippen molar-refractivity contribution in [3.8, 4) is 22.4 Å². The highest BCUT2D eigenvalue weighted by Gasteiger charge is 2.46. The van der Waals surface area contributed by atoms with Crippen LogP contribution < -0.4 is 5.32 Å². The lowest BCUT2D eigenvalue weighted by Crippen LogP contribution is -2.35. The number of carbonyl (C=O) groups excluding carboxylic acids is 1. The second-order valence-corrected chi connectivity index (χ2v) is 8.95. The van der Waals surface area contributed by atoms with Gasteiger partial charge in [-0.1, -0.05) is 29.8 Å². The van der Waals surface area contributed by atoms with E-state index in [1.54, 1.807) is 30.7 Å². The van der Waals surface area contributed by atoms with E-state index >= 15 is 4.39 Å². The van der Waals surface area contributed by atoms with Crippen molar-refractivity contribution in [3.63, 3.8) is 0 Å². The fourth-order valence-corrected chi connectivity index (χ4v) is 4.50. The zero-order valence-electron chi connectivity index (χ0n) is 18.3. The molecular weight excluding hydrogens is 488 g/mol. The van der Waals surface area contributed by atoms with Gasteiger partial charge in [-0.3, -0.25) is 14.3 Å². The molecular formula is C26H20Cl2FN5O. The van der Waals surface area contributed by atoms with Crippen LogP contribution >= 0.6 is 24.0 Å². The number of rotatable bonds is 5. The Bertz CT molecular complexity index is 1540. The molecule has 0 saturated heterocycles. The van der Waals surface area contributed by atoms with Crippen LogP contribution in [-0.2, 0) is 5.54 Å². The summed E-state index contributed by atoms with van der Waals surface area (Å²) in [5.41, 5.74) is 4.43. The summed E-state index contributed by atoms with van der Waals surface area (Å²) in [6, 6.07) is 15.9. The Kier molecular flexibility index (Phi) is 5.83. The molecule has 35 heavy (non-hydrogen) atoms. The van der Waals surface area contributed by atoms with Gasteiger partial charge in [0.05, 0.1) is 29.2 Å². The van der Waals surface area contributed by atoms with Crippen LogP contribution in [0.4, 0.5) is 4.39 Å². The van der Waals surface area contributed by atoms with Crippen molar-refractivity contribution in [2.45, 2.75) is 18.4 Å². The SMILES string of the molecule is Cl.O=C(NC1(c2cccc(Cl)c2)CC1)c1ccc(-c2cnc3ccc(-c4cn[nH]c4)cn23)cc1F. The van der Waals surface area contributed by atoms with E-state index in [0.717, 1.165) is 40.9 Å². The zero-order valence-corrected chi connectivity index (χ0v) is 19.9. The maximum absolute atomic E-state index is 15.1. The van der Waals surface area contributed by atoms with Gasteiger partial charge >= 0.3 is 0 Å². The number of nitrogens with one attached hydrogen (secondary N) is 2. The van der Waals surface area contributed by atoms with Crippen molar-refractivity contribution in [2.24, 2.45) is 0 Å². The maximum Gasteiger partial charge on any atom is 0.254 e. The van der Waals surface area contributed by atoms with Crippen LogP contribution in [0.3, 0.4) is 0 Å². The molecule has 0 unspecified atom stereocenters. The number of aromatic nitrogens is 4. The van der Waals surface area contributed by atoms with Gasteiger partial charge < -0.3 is 5.32 Å². The van der Waals surface area contributed by atoms with Crippen molar-refractivity contribution < 1.29 is 9.18 Å². The number of carbonyl (C=O) groups is 1. The van der Waals surface area contributed by atoms with Gasteiger partial charge in [0.1, 0.15) is 11.5 Å². The molecule has 0 atom stereocenters. The average Bonchev–Trinajstić information content (AvgIpc) is 3.22. The van der Waals surface area contributed by atoms with Crippen molar-refractivity contribution in [2.75, 3.05) is 0 Å². The molecule has 1 saturated carbocycles. The number of hydrogen-bond donors (Lipinski definition) is 2. The van der Waals surface area contributed by atoms with Crippen LogP contribution in [0, 0.1) is 5.82 Å². The number of hydrogen-bond acceptors (Lipinski definition) is 3. The Balaban J connectivity index is 0.00000253. The van der Waals surface area contributed by atoms with Gasteiger partial charge in [-0.25, -0.2) is 9.37 Å². The standard InChI is InChI=1S/C26H19ClFN5O.ClH/c27-20-3-1-2-19(11-20)26(8-9-26)32-25(34)21-6-4-16(10-22(21)28)23-14-29-24-7-5-17(15-33(23)24)18-12-30-31-13-18;/h1-7,10-15H,8-9H2,(H,30,31)(H,32,34);1H. The molecule has 1 amide bonds. The first-order valence-electron chi connectivity index (χ1n) is 10.9. The van der Waals surface area contributed by atoms with Gasteiger partial charge in [-0.05, 0) is 54.8 Å². The Morgan fingerprint density at radius 3 is 2.60 bits per heavy atom. The second kappa shape index (κ2) is 8.83. The number of halogens is 3. The van der Waals surface area contributed by atoms with Crippen molar-refractivity contribution in [1.29, 1.82) is 0 Å². The minimum absolute atomic E-state index is 0. The highest BCUT2D eigenvalue weighted by Crippen LogP contribution is 2.46. The summed E-state index contributed by atoms with van der Waals surface area (Å²) < 4.78 is 17.0. The first-order valence-corrected chi connectivity index (χ1v) is 11.2. The minimum Gasteiger partial charge on any atom is -0.342 e. The van der Waals surface area contributed by atoms with E-state index in [9.17, 15) is 4.79 Å². The fourth-order valence-electron chi connectivity index (χ4n) is 4.31. The number of amides is 1. The molecule has 0 spiro atoms. The summed E-state index contributed by atoms with van der Waals surface area (Å²) in [5.74, 6) is -1.03. The number of nitrogens with zero attached hydrogens (tertiary/aromatic N) is 3. The smallest absolute Gasteiger partial charge is 0.254 e. The predicted molar refractivity (Wildman–Crippen MR) is 135 cm³/mol. The fraction of sp³-hybridized carbons (Fsp3) is 0.115. The van der Waals surface area contributed by atoms with Gasteiger partial charge in [0.2, 0.25) is 0 Å². The van der Waals surface area contributed by atoms with E-state index in [1.165, 1.54) is 12.1 Å². The van der Waals surface area contributed by atoms with Gasteiger partial charge in [-0.15, -0.1) is 12.4 Å². The molecule has 1 aliphatic carbocycles. The molecule has 3 aromatic heterocycles. The van der Waals surface area contributed by atoms with Crippen LogP contribution in [0.2, 0.25) is 5.02 Å². The maximum atomic E-state index is 15.1. The quantitative estimate of drug-likeness (QED) is 0.305. The molecule has 6 nitrogen and oxygen atoms in total. The monoisotopic (exact) mass is 507 g/mol. The normalized spacial score (nSPS) is 13.9. The third-order valence-electron chi connectivity index (χ3n) is 6.33. The summed E-state index contributed by atoms with van der Waals surface area (Å²) >= 11 is 6.12. The molecule has 6 rings (SSSR count). The van der Waals surface area contributed by atoms with E-state index in [-0.39, 0.29) is 18.0 Å². The van der Waals surface area contributed by atoms with Crippen LogP contribution in [-0.4, -0.2) is 25.5 Å². The Hall–Kier alpha value is -3.68. The molecule has 2 N–H and O–H groups in total. The molecule has 1 fully saturated rings. The van der Waals surface area contributed by atoms with E-state index in [1.807, 2.05) is 40.9 Å². The zero-order chi connectivity index (χ0) is 23.3. The highest BCUT2D eigenvalue weighted by atomic mass is 35.5. The first kappa shape index (κ1) is 23.1. The number of pyridine rings is 1. The molecule has 5 aromatic rings. The Morgan fingerprint density at radius 1 is 1.06 bits per heavy atom. The Morgan fingerprint density at radius 2 is 1.89 bits per heavy atom. The summed E-state index contributed by atoms with van der Waals surface area (Å²) in [6.07, 6.45) is 8.76. The third-order valence-corrected chi connectivity index (χ3v) is 6.56. The first-order chi connectivity index (χ1) is 16.5. The topological polar surface area (TPSA) is 75.1 Å². The lowest BCUT2D eigenvalue weighted by molar-refractivity contribution is 0.0926. The molecule has 9 heteroatoms. The number of fused-ring (bicyclic) bond motifs is 1. The lowest BCUT2D eigenvalue weighted by Gasteiger charge is -2.18. The lowest BCUT2D eigenvalue weighted by atomic mass is 10.0. The van der Waals surface area contributed by atoms with Crippen LogP contribution in [0.1, 0.15) is 28.8 Å². The van der Waals surface area contributed by atoms with Crippen molar-refractivity contribution >= 4 is 35.6 Å². The average molecular weight is 508 g/mol. The van der Waals surface area contributed by atoms with Crippen LogP contribution in [0.25, 0.3) is 28.0 Å². The summed E-state index contributed by atoms with van der Waals surface area (Å²) in [6.45, 7) is 0. The molecule has 0 bridgehead atoms. The summed E-state index contributed by atoms with van der Waals surface area (Å²) in [7, 11) is 0. The third kappa shape index (κ3) is 4.17. The van der Waals surface area contributed by atoms with Gasteiger partial charge in [0.15, 0.2) is 0 Å². The highest BCUT2D eigenvalue weighted by molar-refractivity contribution is 6.30. The number of benzene rings is 2. The molecule has 176 valence electrons. The predicted octanol–water partition coefficient (Wildman–Crippen LogP) is 6.02. The van der Waals surface area contributed by atoms with E-state index in [2.05, 4.69) is 20.5 Å². The van der Waals surface area contributed by atoms with E-state index < -0.39 is 17.3 Å². The van der Waals surface area contributed by atoms with Crippen LogP contribution in [0.5, 0.6) is 0 Å². The summed E-state index contributed by atoms with van der Waals surface area (Å²) in [4.78, 5) is 17.4. The van der Waals surface area contributed by atoms with Gasteiger partial charge in [0.25, 0.3) is 5.91 Å². The number of H-pyrrole nitrogens is 1. The van der Waals surface area contributed by atoms with Crippen molar-refractivity contribution in [1.82, 2.24) is 24.9 Å². The van der Waals surface area contributed by atoms with Gasteiger partial charge in [0, 0.05) is 34.1 Å². The largest absolute Gasteiger partial charge is 0.342 e. The molecule has 1 aliphatic rings. The molecule has 0 radical (unpaired) electrons. The number of imidazole rings is 1. The van der Waals surface area contributed by atoms with Crippen molar-refractivity contribution in [3.05, 3.63) is 101 Å². The van der Waals surface area contributed by atoms with E-state index in [4.69, 9.17) is 11.6 Å². The number of aromatic amines is 1. The van der Waals surface area contributed by atoms with Gasteiger partial charge in [-0.2, -0.15) is 5.10 Å². The van der Waals surface area contributed by atoms with E-state index in [0.29, 0.717) is 10.6 Å². The van der Waals surface area contributed by atoms with Crippen LogP contribution in [0.15, 0.2) is 79.4 Å².